The van der Waals surface area contributed by atoms with Gasteiger partial charge >= 0.3 is 0 Å². The number of benzene rings is 2. The van der Waals surface area contributed by atoms with Crippen LogP contribution in [-0.4, -0.2) is 17.1 Å². The van der Waals surface area contributed by atoms with E-state index in [0.717, 1.165) is 11.1 Å². The minimum absolute atomic E-state index is 0.0378. The number of hydrogen-bond acceptors (Lipinski definition) is 3. The molecule has 0 radical (unpaired) electrons. The van der Waals surface area contributed by atoms with Gasteiger partial charge in [0.1, 0.15) is 5.75 Å². The molecule has 20 heavy (non-hydrogen) atoms. The van der Waals surface area contributed by atoms with Crippen molar-refractivity contribution >= 4 is 11.6 Å². The van der Waals surface area contributed by atoms with E-state index in [1.807, 2.05) is 37.3 Å². The van der Waals surface area contributed by atoms with Crippen LogP contribution in [0.1, 0.15) is 11.1 Å². The molecule has 0 aliphatic carbocycles. The Morgan fingerprint density at radius 1 is 1.25 bits per heavy atom. The monoisotopic (exact) mass is 270 g/mol. The van der Waals surface area contributed by atoms with E-state index in [0.29, 0.717) is 12.1 Å². The van der Waals surface area contributed by atoms with Crippen molar-refractivity contribution in [1.82, 2.24) is 0 Å². The second-order valence-electron chi connectivity index (χ2n) is 4.81. The highest BCUT2D eigenvalue weighted by Gasteiger charge is 2.15. The molecule has 2 rings (SSSR count). The van der Waals surface area contributed by atoms with E-state index in [9.17, 15) is 9.90 Å². The standard InChI is InChI=1S/C16H18N2O2/c1-11-7-8-15(19)14(9-11)18-16(20)13(17)10-12-5-3-2-4-6-12/h2-9,13,19H,10,17H2,1H3,(H,18,20). The first-order valence-corrected chi connectivity index (χ1v) is 6.46. The molecule has 4 N–H and O–H groups in total. The Labute approximate surface area is 118 Å². The molecule has 0 heterocycles. The van der Waals surface area contributed by atoms with Gasteiger partial charge < -0.3 is 16.2 Å². The molecule has 0 fully saturated rings. The molecule has 104 valence electrons. The summed E-state index contributed by atoms with van der Waals surface area (Å²) >= 11 is 0. The number of hydrogen-bond donors (Lipinski definition) is 3. The zero-order chi connectivity index (χ0) is 14.5. The quantitative estimate of drug-likeness (QED) is 0.746. The molecule has 0 aliphatic heterocycles. The molecule has 0 saturated heterocycles. The SMILES string of the molecule is Cc1ccc(O)c(NC(=O)C(N)Cc2ccccc2)c1. The molecule has 1 amide bonds. The molecule has 0 aliphatic rings. The fraction of sp³-hybridized carbons (Fsp3) is 0.188. The summed E-state index contributed by atoms with van der Waals surface area (Å²) in [4.78, 5) is 12.0. The minimum atomic E-state index is -0.655. The van der Waals surface area contributed by atoms with Crippen LogP contribution >= 0.6 is 0 Å². The molecule has 4 nitrogen and oxygen atoms in total. The van der Waals surface area contributed by atoms with Crippen LogP contribution in [0.25, 0.3) is 0 Å². The number of amides is 1. The smallest absolute Gasteiger partial charge is 0.241 e. The zero-order valence-electron chi connectivity index (χ0n) is 11.3. The summed E-state index contributed by atoms with van der Waals surface area (Å²) in [6, 6.07) is 14.0. The average Bonchev–Trinajstić information content (AvgIpc) is 2.44. The highest BCUT2D eigenvalue weighted by Crippen LogP contribution is 2.23. The lowest BCUT2D eigenvalue weighted by Crippen LogP contribution is -2.37. The van der Waals surface area contributed by atoms with Gasteiger partial charge in [0.05, 0.1) is 11.7 Å². The highest BCUT2D eigenvalue weighted by molar-refractivity contribution is 5.96. The van der Waals surface area contributed by atoms with Gasteiger partial charge in [-0.1, -0.05) is 36.4 Å². The van der Waals surface area contributed by atoms with Crippen molar-refractivity contribution in [2.75, 3.05) is 5.32 Å². The number of phenolic OH excluding ortho intramolecular Hbond substituents is 1. The Morgan fingerprint density at radius 2 is 1.95 bits per heavy atom. The van der Waals surface area contributed by atoms with Crippen molar-refractivity contribution in [3.63, 3.8) is 0 Å². The van der Waals surface area contributed by atoms with Gasteiger partial charge in [0.15, 0.2) is 0 Å². The first kappa shape index (κ1) is 14.1. The van der Waals surface area contributed by atoms with E-state index in [1.165, 1.54) is 0 Å². The van der Waals surface area contributed by atoms with E-state index >= 15 is 0 Å². The number of carbonyl (C=O) groups is 1. The van der Waals surface area contributed by atoms with Gasteiger partial charge in [-0.3, -0.25) is 4.79 Å². The molecule has 0 aromatic heterocycles. The Kier molecular flexibility index (Phi) is 4.38. The zero-order valence-corrected chi connectivity index (χ0v) is 11.3. The number of nitrogens with two attached hydrogens (primary N) is 1. The lowest BCUT2D eigenvalue weighted by Gasteiger charge is -2.13. The van der Waals surface area contributed by atoms with Crippen molar-refractivity contribution in [2.45, 2.75) is 19.4 Å². The van der Waals surface area contributed by atoms with Crippen molar-refractivity contribution in [1.29, 1.82) is 0 Å². The number of aromatic hydroxyl groups is 1. The third kappa shape index (κ3) is 3.59. The van der Waals surface area contributed by atoms with Gasteiger partial charge in [-0.15, -0.1) is 0 Å². The average molecular weight is 270 g/mol. The van der Waals surface area contributed by atoms with Crippen LogP contribution in [0.3, 0.4) is 0 Å². The molecule has 2 aromatic carbocycles. The molecule has 0 bridgehead atoms. The third-order valence-corrected chi connectivity index (χ3v) is 3.05. The minimum Gasteiger partial charge on any atom is -0.506 e. The Hall–Kier alpha value is -2.33. The number of anilines is 1. The van der Waals surface area contributed by atoms with Gasteiger partial charge in [0.25, 0.3) is 0 Å². The van der Waals surface area contributed by atoms with E-state index in [-0.39, 0.29) is 11.7 Å². The summed E-state index contributed by atoms with van der Waals surface area (Å²) < 4.78 is 0. The van der Waals surface area contributed by atoms with Gasteiger partial charge in [-0.2, -0.15) is 0 Å². The summed E-state index contributed by atoms with van der Waals surface area (Å²) in [6.07, 6.45) is 0.458. The van der Waals surface area contributed by atoms with Gasteiger partial charge in [-0.25, -0.2) is 0 Å². The fourth-order valence-electron chi connectivity index (χ4n) is 1.94. The van der Waals surface area contributed by atoms with Crippen molar-refractivity contribution in [2.24, 2.45) is 5.73 Å². The van der Waals surface area contributed by atoms with Crippen LogP contribution in [0.2, 0.25) is 0 Å². The fourth-order valence-corrected chi connectivity index (χ4v) is 1.94. The highest BCUT2D eigenvalue weighted by atomic mass is 16.3. The van der Waals surface area contributed by atoms with Gasteiger partial charge in [0, 0.05) is 0 Å². The first-order valence-electron chi connectivity index (χ1n) is 6.46. The lowest BCUT2D eigenvalue weighted by molar-refractivity contribution is -0.117. The van der Waals surface area contributed by atoms with Crippen molar-refractivity contribution < 1.29 is 9.90 Å². The topological polar surface area (TPSA) is 75.3 Å². The number of phenols is 1. The van der Waals surface area contributed by atoms with Crippen LogP contribution in [0.5, 0.6) is 5.75 Å². The van der Waals surface area contributed by atoms with E-state index in [4.69, 9.17) is 5.73 Å². The number of aryl methyl sites for hydroxylation is 1. The van der Waals surface area contributed by atoms with E-state index in [2.05, 4.69) is 5.32 Å². The summed E-state index contributed by atoms with van der Waals surface area (Å²) in [5, 5.41) is 12.4. The third-order valence-electron chi connectivity index (χ3n) is 3.05. The second kappa shape index (κ2) is 6.21. The maximum absolute atomic E-state index is 12.0. The van der Waals surface area contributed by atoms with Gasteiger partial charge in [0.2, 0.25) is 5.91 Å². The largest absolute Gasteiger partial charge is 0.506 e. The molecular weight excluding hydrogens is 252 g/mol. The number of rotatable bonds is 4. The summed E-state index contributed by atoms with van der Waals surface area (Å²) in [6.45, 7) is 1.89. The number of nitrogens with one attached hydrogen (secondary N) is 1. The first-order chi connectivity index (χ1) is 9.56. The maximum Gasteiger partial charge on any atom is 0.241 e. The molecule has 1 unspecified atom stereocenters. The van der Waals surface area contributed by atoms with Crippen molar-refractivity contribution in [3.05, 3.63) is 59.7 Å². The Morgan fingerprint density at radius 3 is 2.65 bits per heavy atom. The molecule has 2 aromatic rings. The Balaban J connectivity index is 2.02. The van der Waals surface area contributed by atoms with E-state index in [1.54, 1.807) is 18.2 Å². The van der Waals surface area contributed by atoms with Crippen LogP contribution in [0.4, 0.5) is 5.69 Å². The van der Waals surface area contributed by atoms with Crippen LogP contribution in [0, 0.1) is 6.92 Å². The van der Waals surface area contributed by atoms with Crippen LogP contribution in [-0.2, 0) is 11.2 Å². The molecule has 0 saturated carbocycles. The molecule has 4 heteroatoms. The van der Waals surface area contributed by atoms with Gasteiger partial charge in [-0.05, 0) is 36.6 Å². The predicted molar refractivity (Wildman–Crippen MR) is 79.6 cm³/mol. The lowest BCUT2D eigenvalue weighted by atomic mass is 10.1. The van der Waals surface area contributed by atoms with Crippen LogP contribution < -0.4 is 11.1 Å². The Bertz CT molecular complexity index is 597. The second-order valence-corrected chi connectivity index (χ2v) is 4.81. The summed E-state index contributed by atoms with van der Waals surface area (Å²) in [7, 11) is 0. The maximum atomic E-state index is 12.0. The summed E-state index contributed by atoms with van der Waals surface area (Å²) in [5.74, 6) is -0.273. The number of carbonyl (C=O) groups excluding carboxylic acids is 1. The van der Waals surface area contributed by atoms with Crippen LogP contribution in [0.15, 0.2) is 48.5 Å². The van der Waals surface area contributed by atoms with Crippen molar-refractivity contribution in [3.8, 4) is 5.75 Å². The summed E-state index contributed by atoms with van der Waals surface area (Å²) in [5.41, 5.74) is 8.24. The predicted octanol–water partition coefficient (Wildman–Crippen LogP) is 2.21. The molecular formula is C16H18N2O2. The molecule has 0 spiro atoms. The molecule has 1 atom stereocenters. The van der Waals surface area contributed by atoms with E-state index < -0.39 is 6.04 Å². The normalized spacial score (nSPS) is 11.9.